The smallest absolute Gasteiger partial charge is 0.183 e. The Morgan fingerprint density at radius 2 is 1.94 bits per heavy atom. The fourth-order valence-electron chi connectivity index (χ4n) is 1.74. The molecular weight excluding hydrogens is 220 g/mol. The highest BCUT2D eigenvalue weighted by atomic mass is 16.7. The number of hydrogen-bond acceptors (Lipinski definition) is 4. The monoisotopic (exact) mass is 238 g/mol. The molecule has 4 nitrogen and oxygen atoms in total. The van der Waals surface area contributed by atoms with Crippen LogP contribution in [0.3, 0.4) is 0 Å². The molecule has 0 saturated carbocycles. The van der Waals surface area contributed by atoms with E-state index in [1.807, 2.05) is 6.07 Å². The van der Waals surface area contributed by atoms with Crippen molar-refractivity contribution in [3.8, 4) is 11.5 Å². The lowest BCUT2D eigenvalue weighted by atomic mass is 9.95. The molecule has 0 radical (unpaired) electrons. The maximum atomic E-state index is 9.69. The summed E-state index contributed by atoms with van der Waals surface area (Å²) in [6.45, 7) is 5.47. The fourth-order valence-corrected chi connectivity index (χ4v) is 1.74. The second-order valence-electron chi connectivity index (χ2n) is 5.05. The van der Waals surface area contributed by atoms with E-state index in [1.54, 1.807) is 12.1 Å². The van der Waals surface area contributed by atoms with Gasteiger partial charge in [0.1, 0.15) is 0 Å². The summed E-state index contributed by atoms with van der Waals surface area (Å²) in [5, 5.41) is 9.69. The van der Waals surface area contributed by atoms with Crippen LogP contribution in [-0.2, 0) is 9.47 Å². The van der Waals surface area contributed by atoms with Crippen molar-refractivity contribution in [2.24, 2.45) is 5.41 Å². The number of rotatable bonds is 2. The summed E-state index contributed by atoms with van der Waals surface area (Å²) in [5.41, 5.74) is 0.851. The molecule has 1 aromatic carbocycles. The minimum Gasteiger partial charge on any atom is -0.504 e. The van der Waals surface area contributed by atoms with Gasteiger partial charge in [-0.25, -0.2) is 0 Å². The van der Waals surface area contributed by atoms with Gasteiger partial charge in [-0.15, -0.1) is 0 Å². The van der Waals surface area contributed by atoms with Gasteiger partial charge in [0.15, 0.2) is 17.8 Å². The summed E-state index contributed by atoms with van der Waals surface area (Å²) in [5.74, 6) is 0.548. The molecule has 94 valence electrons. The summed E-state index contributed by atoms with van der Waals surface area (Å²) in [6, 6.07) is 5.15. The highest BCUT2D eigenvalue weighted by Gasteiger charge is 2.29. The summed E-state index contributed by atoms with van der Waals surface area (Å²) >= 11 is 0. The molecular formula is C13H18O4. The third kappa shape index (κ3) is 2.70. The van der Waals surface area contributed by atoms with Crippen LogP contribution in [0.15, 0.2) is 18.2 Å². The van der Waals surface area contributed by atoms with E-state index in [2.05, 4.69) is 13.8 Å². The van der Waals surface area contributed by atoms with E-state index < -0.39 is 6.29 Å². The Morgan fingerprint density at radius 1 is 1.29 bits per heavy atom. The van der Waals surface area contributed by atoms with E-state index in [1.165, 1.54) is 7.11 Å². The van der Waals surface area contributed by atoms with Crippen LogP contribution in [0.4, 0.5) is 0 Å². The van der Waals surface area contributed by atoms with E-state index in [-0.39, 0.29) is 11.2 Å². The van der Waals surface area contributed by atoms with Crippen LogP contribution >= 0.6 is 0 Å². The van der Waals surface area contributed by atoms with E-state index in [0.29, 0.717) is 19.0 Å². The van der Waals surface area contributed by atoms with Crippen molar-refractivity contribution in [3.05, 3.63) is 23.8 Å². The first-order chi connectivity index (χ1) is 8.02. The highest BCUT2D eigenvalue weighted by molar-refractivity contribution is 5.42. The third-order valence-electron chi connectivity index (χ3n) is 2.73. The van der Waals surface area contributed by atoms with Gasteiger partial charge in [-0.2, -0.15) is 0 Å². The van der Waals surface area contributed by atoms with Crippen LogP contribution in [-0.4, -0.2) is 25.4 Å². The molecule has 0 atom stereocenters. The minimum atomic E-state index is -0.403. The standard InChI is InChI=1S/C13H18O4/c1-13(2)7-16-12(17-8-13)9-4-5-11(15-3)10(14)6-9/h4-6,12,14H,7-8H2,1-3H3. The molecule has 17 heavy (non-hydrogen) atoms. The number of phenols is 1. The van der Waals surface area contributed by atoms with Gasteiger partial charge in [0, 0.05) is 11.0 Å². The number of aromatic hydroxyl groups is 1. The van der Waals surface area contributed by atoms with Gasteiger partial charge in [-0.1, -0.05) is 19.9 Å². The molecule has 4 heteroatoms. The average Bonchev–Trinajstić information content (AvgIpc) is 2.29. The minimum absolute atomic E-state index is 0.0466. The molecule has 0 aliphatic carbocycles. The second-order valence-corrected chi connectivity index (χ2v) is 5.05. The van der Waals surface area contributed by atoms with Crippen LogP contribution in [0, 0.1) is 5.41 Å². The Hall–Kier alpha value is -1.26. The molecule has 1 heterocycles. The molecule has 1 aromatic rings. The lowest BCUT2D eigenvalue weighted by Gasteiger charge is -2.34. The van der Waals surface area contributed by atoms with Crippen molar-refractivity contribution >= 4 is 0 Å². The van der Waals surface area contributed by atoms with Crippen LogP contribution in [0.1, 0.15) is 25.7 Å². The Morgan fingerprint density at radius 3 is 2.47 bits per heavy atom. The van der Waals surface area contributed by atoms with Crippen molar-refractivity contribution in [1.82, 2.24) is 0 Å². The van der Waals surface area contributed by atoms with Gasteiger partial charge in [0.2, 0.25) is 0 Å². The van der Waals surface area contributed by atoms with E-state index in [9.17, 15) is 5.11 Å². The number of phenolic OH excluding ortho intramolecular Hbond substituents is 1. The van der Waals surface area contributed by atoms with Crippen molar-refractivity contribution in [2.45, 2.75) is 20.1 Å². The predicted molar refractivity (Wildman–Crippen MR) is 63.1 cm³/mol. The molecule has 0 aromatic heterocycles. The first-order valence-electron chi connectivity index (χ1n) is 5.62. The average molecular weight is 238 g/mol. The van der Waals surface area contributed by atoms with Gasteiger partial charge in [-0.3, -0.25) is 0 Å². The van der Waals surface area contributed by atoms with Gasteiger partial charge >= 0.3 is 0 Å². The summed E-state index contributed by atoms with van der Waals surface area (Å²) in [4.78, 5) is 0. The molecule has 1 aliphatic heterocycles. The Bertz CT molecular complexity index is 390. The Balaban J connectivity index is 2.11. The number of ether oxygens (including phenoxy) is 3. The van der Waals surface area contributed by atoms with Gasteiger partial charge in [0.05, 0.1) is 20.3 Å². The Kier molecular flexibility index (Phi) is 3.26. The molecule has 1 saturated heterocycles. The molecule has 1 N–H and O–H groups in total. The number of hydrogen-bond donors (Lipinski definition) is 1. The zero-order valence-corrected chi connectivity index (χ0v) is 10.4. The topological polar surface area (TPSA) is 47.9 Å². The highest BCUT2D eigenvalue weighted by Crippen LogP contribution is 2.34. The fraction of sp³-hybridized carbons (Fsp3) is 0.538. The van der Waals surface area contributed by atoms with Crippen LogP contribution in [0.5, 0.6) is 11.5 Å². The molecule has 1 fully saturated rings. The van der Waals surface area contributed by atoms with Gasteiger partial charge in [-0.05, 0) is 12.1 Å². The maximum absolute atomic E-state index is 9.69. The van der Waals surface area contributed by atoms with E-state index >= 15 is 0 Å². The van der Waals surface area contributed by atoms with E-state index in [0.717, 1.165) is 5.56 Å². The molecule has 1 aliphatic rings. The Labute approximate surface area is 101 Å². The zero-order valence-electron chi connectivity index (χ0n) is 10.4. The van der Waals surface area contributed by atoms with Crippen molar-refractivity contribution in [2.75, 3.05) is 20.3 Å². The van der Waals surface area contributed by atoms with Gasteiger partial charge in [0.25, 0.3) is 0 Å². The maximum Gasteiger partial charge on any atom is 0.183 e. The predicted octanol–water partition coefficient (Wildman–Crippen LogP) is 2.47. The normalized spacial score (nSPS) is 20.2. The quantitative estimate of drug-likeness (QED) is 0.859. The lowest BCUT2D eigenvalue weighted by Crippen LogP contribution is -2.33. The van der Waals surface area contributed by atoms with Crippen molar-refractivity contribution < 1.29 is 19.3 Å². The number of benzene rings is 1. The van der Waals surface area contributed by atoms with Crippen molar-refractivity contribution in [3.63, 3.8) is 0 Å². The molecule has 0 unspecified atom stereocenters. The lowest BCUT2D eigenvalue weighted by molar-refractivity contribution is -0.226. The SMILES string of the molecule is COc1ccc(C2OCC(C)(C)CO2)cc1O. The first-order valence-corrected chi connectivity index (χ1v) is 5.62. The largest absolute Gasteiger partial charge is 0.504 e. The van der Waals surface area contributed by atoms with Crippen LogP contribution < -0.4 is 4.74 Å². The number of methoxy groups -OCH3 is 1. The van der Waals surface area contributed by atoms with Crippen molar-refractivity contribution in [1.29, 1.82) is 0 Å². The van der Waals surface area contributed by atoms with E-state index in [4.69, 9.17) is 14.2 Å². The second kappa shape index (κ2) is 4.55. The van der Waals surface area contributed by atoms with Crippen LogP contribution in [0.25, 0.3) is 0 Å². The summed E-state index contributed by atoms with van der Waals surface area (Å²) < 4.78 is 16.3. The zero-order chi connectivity index (χ0) is 12.5. The molecule has 2 rings (SSSR count). The third-order valence-corrected chi connectivity index (χ3v) is 2.73. The molecule has 0 amide bonds. The molecule has 0 spiro atoms. The van der Waals surface area contributed by atoms with Gasteiger partial charge < -0.3 is 19.3 Å². The first kappa shape index (κ1) is 12.2. The molecule has 0 bridgehead atoms. The summed E-state index contributed by atoms with van der Waals surface area (Å²) in [6.07, 6.45) is -0.403. The van der Waals surface area contributed by atoms with Crippen LogP contribution in [0.2, 0.25) is 0 Å². The summed E-state index contributed by atoms with van der Waals surface area (Å²) in [7, 11) is 1.52.